The molecule has 2 aromatic rings. The summed E-state index contributed by atoms with van der Waals surface area (Å²) in [5.41, 5.74) is 1.11. The van der Waals surface area contributed by atoms with E-state index in [1.807, 2.05) is 61.5 Å². The predicted molar refractivity (Wildman–Crippen MR) is 101 cm³/mol. The quantitative estimate of drug-likeness (QED) is 0.696. The van der Waals surface area contributed by atoms with E-state index >= 15 is 0 Å². The zero-order chi connectivity index (χ0) is 18.4. The lowest BCUT2D eigenvalue weighted by atomic mass is 9.70. The molecule has 1 N–H and O–H groups in total. The van der Waals surface area contributed by atoms with Gasteiger partial charge in [-0.1, -0.05) is 43.7 Å². The van der Waals surface area contributed by atoms with Gasteiger partial charge in [0, 0.05) is 5.41 Å². The molecule has 138 valence electrons. The van der Waals surface area contributed by atoms with Gasteiger partial charge in [0.15, 0.2) is 0 Å². The van der Waals surface area contributed by atoms with Gasteiger partial charge in [0.1, 0.15) is 11.5 Å². The Labute approximate surface area is 154 Å². The lowest BCUT2D eigenvalue weighted by molar-refractivity contribution is -0.137. The van der Waals surface area contributed by atoms with Gasteiger partial charge < -0.3 is 14.6 Å². The van der Waals surface area contributed by atoms with Crippen LogP contribution in [0.2, 0.25) is 0 Å². The van der Waals surface area contributed by atoms with E-state index in [1.54, 1.807) is 0 Å². The van der Waals surface area contributed by atoms with Gasteiger partial charge in [-0.05, 0) is 48.6 Å². The second kappa shape index (κ2) is 8.26. The van der Waals surface area contributed by atoms with Gasteiger partial charge in [-0.2, -0.15) is 0 Å². The molecule has 1 saturated carbocycles. The first-order valence-corrected chi connectivity index (χ1v) is 9.19. The molecule has 0 saturated heterocycles. The summed E-state index contributed by atoms with van der Waals surface area (Å²) < 4.78 is 12.0. The van der Waals surface area contributed by atoms with Crippen molar-refractivity contribution in [2.45, 2.75) is 38.5 Å². The molecule has 1 unspecified atom stereocenters. The summed E-state index contributed by atoms with van der Waals surface area (Å²) in [5.74, 6) is 0.944. The highest BCUT2D eigenvalue weighted by Gasteiger charge is 2.39. The van der Waals surface area contributed by atoms with Crippen LogP contribution in [-0.4, -0.2) is 24.3 Å². The van der Waals surface area contributed by atoms with E-state index in [-0.39, 0.29) is 17.8 Å². The number of ether oxygens (including phenoxy) is 2. The zero-order valence-corrected chi connectivity index (χ0v) is 15.2. The fraction of sp³-hybridized carbons (Fsp3) is 0.409. The number of hydrogen-bond donors (Lipinski definition) is 1. The number of carboxylic acids is 1. The Hall–Kier alpha value is -2.49. The summed E-state index contributed by atoms with van der Waals surface area (Å²) in [5, 5.41) is 8.90. The molecule has 0 aliphatic heterocycles. The van der Waals surface area contributed by atoms with Gasteiger partial charge in [-0.25, -0.2) is 0 Å². The first-order chi connectivity index (χ1) is 12.6. The van der Waals surface area contributed by atoms with E-state index < -0.39 is 5.97 Å². The van der Waals surface area contributed by atoms with Gasteiger partial charge in [-0.3, -0.25) is 4.79 Å². The van der Waals surface area contributed by atoms with Crippen molar-refractivity contribution in [2.75, 3.05) is 13.2 Å². The molecule has 4 nitrogen and oxygen atoms in total. The molecule has 1 aliphatic rings. The molecule has 0 aromatic heterocycles. The van der Waals surface area contributed by atoms with E-state index in [0.29, 0.717) is 13.2 Å². The van der Waals surface area contributed by atoms with Crippen molar-refractivity contribution in [1.82, 2.24) is 0 Å². The number of carboxylic acid groups (broad SMARTS) is 1. The largest absolute Gasteiger partial charge is 0.493 e. The van der Waals surface area contributed by atoms with E-state index in [9.17, 15) is 4.79 Å². The Balaban J connectivity index is 1.52. The maximum atomic E-state index is 10.8. The fourth-order valence-corrected chi connectivity index (χ4v) is 3.27. The minimum atomic E-state index is -0.775. The van der Waals surface area contributed by atoms with Crippen LogP contribution in [0.25, 0.3) is 0 Å². The van der Waals surface area contributed by atoms with E-state index in [1.165, 1.54) is 6.42 Å². The van der Waals surface area contributed by atoms with Crippen LogP contribution in [0.1, 0.15) is 44.1 Å². The summed E-state index contributed by atoms with van der Waals surface area (Å²) in [6, 6.07) is 17.7. The third kappa shape index (κ3) is 4.78. The Morgan fingerprint density at radius 1 is 1.00 bits per heavy atom. The van der Waals surface area contributed by atoms with E-state index in [2.05, 4.69) is 0 Å². The molecule has 0 amide bonds. The van der Waals surface area contributed by atoms with Gasteiger partial charge >= 0.3 is 5.97 Å². The van der Waals surface area contributed by atoms with Crippen LogP contribution in [0, 0.1) is 5.41 Å². The van der Waals surface area contributed by atoms with E-state index in [0.717, 1.165) is 29.9 Å². The molecular weight excluding hydrogens is 328 g/mol. The summed E-state index contributed by atoms with van der Waals surface area (Å²) in [6.07, 6.45) is 3.59. The molecule has 0 radical (unpaired) electrons. The minimum Gasteiger partial charge on any atom is -0.493 e. The minimum absolute atomic E-state index is 0.00111. The lowest BCUT2D eigenvalue weighted by Crippen LogP contribution is -2.41. The highest BCUT2D eigenvalue weighted by Crippen LogP contribution is 2.41. The molecule has 0 spiro atoms. The molecule has 26 heavy (non-hydrogen) atoms. The zero-order valence-electron chi connectivity index (χ0n) is 15.2. The second-order valence-electron chi connectivity index (χ2n) is 7.31. The summed E-state index contributed by atoms with van der Waals surface area (Å²) in [6.45, 7) is 3.24. The van der Waals surface area contributed by atoms with Crippen molar-refractivity contribution < 1.29 is 19.4 Å². The highest BCUT2D eigenvalue weighted by molar-refractivity contribution is 5.67. The van der Waals surface area contributed by atoms with Crippen molar-refractivity contribution in [3.05, 3.63) is 60.2 Å². The van der Waals surface area contributed by atoms with Crippen molar-refractivity contribution in [3.8, 4) is 11.5 Å². The van der Waals surface area contributed by atoms with Gasteiger partial charge in [0.25, 0.3) is 0 Å². The van der Waals surface area contributed by atoms with Crippen LogP contribution >= 0.6 is 0 Å². The number of hydrogen-bond acceptors (Lipinski definition) is 3. The molecular formula is C22H26O4. The fourth-order valence-electron chi connectivity index (χ4n) is 3.27. The summed E-state index contributed by atoms with van der Waals surface area (Å²) >= 11 is 0. The summed E-state index contributed by atoms with van der Waals surface area (Å²) in [4.78, 5) is 10.8. The van der Waals surface area contributed by atoms with Gasteiger partial charge in [0.2, 0.25) is 0 Å². The highest BCUT2D eigenvalue weighted by atomic mass is 16.5. The third-order valence-corrected chi connectivity index (χ3v) is 5.18. The topological polar surface area (TPSA) is 55.8 Å². The van der Waals surface area contributed by atoms with Crippen LogP contribution in [-0.2, 0) is 4.79 Å². The van der Waals surface area contributed by atoms with Crippen molar-refractivity contribution in [1.29, 1.82) is 0 Å². The number of benzene rings is 2. The van der Waals surface area contributed by atoms with Crippen molar-refractivity contribution >= 4 is 5.97 Å². The molecule has 2 aromatic carbocycles. The molecule has 1 atom stereocenters. The van der Waals surface area contributed by atoms with Crippen LogP contribution in [0.15, 0.2) is 54.6 Å². The van der Waals surface area contributed by atoms with Crippen LogP contribution < -0.4 is 9.47 Å². The van der Waals surface area contributed by atoms with Crippen LogP contribution in [0.5, 0.6) is 11.5 Å². The Kier molecular flexibility index (Phi) is 5.82. The first kappa shape index (κ1) is 18.3. The molecule has 0 bridgehead atoms. The van der Waals surface area contributed by atoms with Crippen molar-refractivity contribution in [3.63, 3.8) is 0 Å². The van der Waals surface area contributed by atoms with Gasteiger partial charge in [0.05, 0.1) is 19.6 Å². The molecule has 1 aliphatic carbocycles. The number of rotatable bonds is 9. The first-order valence-electron chi connectivity index (χ1n) is 9.19. The average Bonchev–Trinajstić information content (AvgIpc) is 2.61. The maximum Gasteiger partial charge on any atom is 0.303 e. The number of carbonyl (C=O) groups is 1. The van der Waals surface area contributed by atoms with Crippen LogP contribution in [0.3, 0.4) is 0 Å². The number of aliphatic carboxylic acids is 1. The molecule has 4 heteroatoms. The third-order valence-electron chi connectivity index (χ3n) is 5.18. The van der Waals surface area contributed by atoms with E-state index in [4.69, 9.17) is 14.6 Å². The smallest absolute Gasteiger partial charge is 0.303 e. The Morgan fingerprint density at radius 2 is 1.58 bits per heavy atom. The Bertz CT molecular complexity index is 705. The van der Waals surface area contributed by atoms with Crippen LogP contribution in [0.4, 0.5) is 0 Å². The summed E-state index contributed by atoms with van der Waals surface area (Å²) in [7, 11) is 0. The Morgan fingerprint density at radius 3 is 2.08 bits per heavy atom. The normalized spacial score (nSPS) is 16.3. The van der Waals surface area contributed by atoms with Gasteiger partial charge in [-0.15, -0.1) is 0 Å². The predicted octanol–water partition coefficient (Wildman–Crippen LogP) is 4.89. The lowest BCUT2D eigenvalue weighted by Gasteiger charge is -2.41. The maximum absolute atomic E-state index is 10.8. The standard InChI is InChI=1S/C22H26O4/c1-17(14-21(23)24)18-8-10-20(11-9-18)26-16-22(12-5-13-22)15-25-19-6-3-2-4-7-19/h2-4,6-11,17H,5,12-16H2,1H3,(H,23,24). The number of para-hydroxylation sites is 1. The van der Waals surface area contributed by atoms with Crippen molar-refractivity contribution in [2.24, 2.45) is 5.41 Å². The molecule has 1 fully saturated rings. The molecule has 3 rings (SSSR count). The second-order valence-corrected chi connectivity index (χ2v) is 7.31. The molecule has 0 heterocycles. The monoisotopic (exact) mass is 354 g/mol. The SMILES string of the molecule is CC(CC(=O)O)c1ccc(OCC2(COc3ccccc3)CCC2)cc1. The average molecular weight is 354 g/mol.